The average Bonchev–Trinajstić information content (AvgIpc) is 2.31. The molecule has 0 radical (unpaired) electrons. The molecule has 92 valence electrons. The van der Waals surface area contributed by atoms with Gasteiger partial charge in [0.2, 0.25) is 0 Å². The minimum Gasteiger partial charge on any atom is -0.303 e. The number of likely N-dealkylation sites (N-methyl/N-ethyl adjacent to an activating group) is 1. The van der Waals surface area contributed by atoms with Crippen LogP contribution in [0.5, 0.6) is 0 Å². The molecule has 0 aliphatic carbocycles. The van der Waals surface area contributed by atoms with Crippen LogP contribution in [0, 0.1) is 0 Å². The predicted octanol–water partition coefficient (Wildman–Crippen LogP) is 2.57. The molecule has 1 aliphatic rings. The van der Waals surface area contributed by atoms with Crippen LogP contribution in [0.15, 0.2) is 23.3 Å². The molecule has 2 rings (SSSR count). The van der Waals surface area contributed by atoms with Gasteiger partial charge in [0.25, 0.3) is 0 Å². The van der Waals surface area contributed by atoms with E-state index < -0.39 is 0 Å². The van der Waals surface area contributed by atoms with Gasteiger partial charge >= 0.3 is 0 Å². The molecule has 1 aliphatic heterocycles. The molecular weight excluding hydrogens is 257 g/mol. The molecule has 0 N–H and O–H groups in total. The van der Waals surface area contributed by atoms with Gasteiger partial charge in [-0.3, -0.25) is 5.01 Å². The molecule has 0 bridgehead atoms. The van der Waals surface area contributed by atoms with Gasteiger partial charge in [-0.25, -0.2) is 0 Å². The molecule has 1 saturated heterocycles. The highest BCUT2D eigenvalue weighted by atomic mass is 35.5. The lowest BCUT2D eigenvalue weighted by Crippen LogP contribution is -2.41. The lowest BCUT2D eigenvalue weighted by Gasteiger charge is -2.30. The van der Waals surface area contributed by atoms with Gasteiger partial charge in [-0.2, -0.15) is 5.10 Å². The molecule has 17 heavy (non-hydrogen) atoms. The van der Waals surface area contributed by atoms with Crippen LogP contribution >= 0.6 is 23.2 Å². The van der Waals surface area contributed by atoms with Gasteiger partial charge in [0.05, 0.1) is 16.3 Å². The van der Waals surface area contributed by atoms with E-state index in [0.29, 0.717) is 10.0 Å². The maximum absolute atomic E-state index is 6.07. The summed E-state index contributed by atoms with van der Waals surface area (Å²) in [4.78, 5) is 2.29. The van der Waals surface area contributed by atoms with Gasteiger partial charge in [-0.05, 0) is 19.2 Å². The first-order chi connectivity index (χ1) is 8.16. The average molecular weight is 272 g/mol. The van der Waals surface area contributed by atoms with Gasteiger partial charge in [0, 0.05) is 31.7 Å². The number of hydrazone groups is 1. The van der Waals surface area contributed by atoms with E-state index in [4.69, 9.17) is 23.2 Å². The van der Waals surface area contributed by atoms with E-state index in [9.17, 15) is 0 Å². The number of nitrogens with zero attached hydrogens (tertiary/aromatic N) is 3. The fourth-order valence-corrected chi connectivity index (χ4v) is 2.18. The Kier molecular flexibility index (Phi) is 4.26. The summed E-state index contributed by atoms with van der Waals surface area (Å²) in [5.74, 6) is 0. The van der Waals surface area contributed by atoms with Crippen molar-refractivity contribution in [1.29, 1.82) is 0 Å². The third-order valence-corrected chi connectivity index (χ3v) is 3.49. The molecule has 1 fully saturated rings. The lowest BCUT2D eigenvalue weighted by atomic mass is 10.2. The molecule has 0 saturated carbocycles. The maximum atomic E-state index is 6.07. The number of hydrogen-bond donors (Lipinski definition) is 0. The monoisotopic (exact) mass is 271 g/mol. The van der Waals surface area contributed by atoms with Crippen molar-refractivity contribution in [3.63, 3.8) is 0 Å². The second-order valence-electron chi connectivity index (χ2n) is 4.14. The number of hydrogen-bond acceptors (Lipinski definition) is 3. The minimum absolute atomic E-state index is 0.635. The van der Waals surface area contributed by atoms with Crippen LogP contribution in [0.1, 0.15) is 5.56 Å². The fraction of sp³-hybridized carbons (Fsp3) is 0.417. The Balaban J connectivity index is 2.05. The highest BCUT2D eigenvalue weighted by Gasteiger charge is 2.11. The van der Waals surface area contributed by atoms with Crippen LogP contribution in [0.3, 0.4) is 0 Å². The maximum Gasteiger partial charge on any atom is 0.0572 e. The fourth-order valence-electron chi connectivity index (χ4n) is 1.68. The van der Waals surface area contributed by atoms with Gasteiger partial charge in [-0.1, -0.05) is 29.3 Å². The molecule has 1 aromatic rings. The Morgan fingerprint density at radius 2 is 1.71 bits per heavy atom. The van der Waals surface area contributed by atoms with E-state index >= 15 is 0 Å². The largest absolute Gasteiger partial charge is 0.303 e. The molecule has 0 spiro atoms. The van der Waals surface area contributed by atoms with Crippen molar-refractivity contribution in [2.75, 3.05) is 33.2 Å². The molecule has 0 amide bonds. The zero-order valence-electron chi connectivity index (χ0n) is 9.74. The molecule has 3 nitrogen and oxygen atoms in total. The van der Waals surface area contributed by atoms with E-state index in [2.05, 4.69) is 17.0 Å². The number of rotatable bonds is 2. The summed E-state index contributed by atoms with van der Waals surface area (Å²) in [5, 5.41) is 7.73. The molecule has 5 heteroatoms. The van der Waals surface area contributed by atoms with Crippen LogP contribution in [0.25, 0.3) is 0 Å². The van der Waals surface area contributed by atoms with E-state index in [1.54, 1.807) is 6.21 Å². The van der Waals surface area contributed by atoms with E-state index in [-0.39, 0.29) is 0 Å². The van der Waals surface area contributed by atoms with E-state index in [0.717, 1.165) is 31.7 Å². The smallest absolute Gasteiger partial charge is 0.0572 e. The standard InChI is InChI=1S/C12H15Cl2N3/c1-16-5-7-17(8-6-16)15-9-10-11(13)3-2-4-12(10)14/h2-4,9H,5-8H2,1H3. The molecule has 0 aromatic heterocycles. The van der Waals surface area contributed by atoms with Crippen LogP contribution in [0.2, 0.25) is 10.0 Å². The summed E-state index contributed by atoms with van der Waals surface area (Å²) < 4.78 is 0. The Morgan fingerprint density at radius 3 is 2.29 bits per heavy atom. The number of piperazine rings is 1. The van der Waals surface area contributed by atoms with Crippen molar-refractivity contribution in [3.8, 4) is 0 Å². The summed E-state index contributed by atoms with van der Waals surface area (Å²) >= 11 is 12.1. The molecule has 1 aromatic carbocycles. The van der Waals surface area contributed by atoms with Crippen LogP contribution in [-0.4, -0.2) is 49.4 Å². The first kappa shape index (κ1) is 12.7. The highest BCUT2D eigenvalue weighted by molar-refractivity contribution is 6.38. The normalized spacial score (nSPS) is 17.9. The predicted molar refractivity (Wildman–Crippen MR) is 73.1 cm³/mol. The highest BCUT2D eigenvalue weighted by Crippen LogP contribution is 2.22. The zero-order chi connectivity index (χ0) is 12.3. The molecule has 0 unspecified atom stereocenters. The number of benzene rings is 1. The lowest BCUT2D eigenvalue weighted by molar-refractivity contribution is 0.159. The first-order valence-corrected chi connectivity index (χ1v) is 6.34. The van der Waals surface area contributed by atoms with Crippen molar-refractivity contribution in [1.82, 2.24) is 9.91 Å². The van der Waals surface area contributed by atoms with Crippen molar-refractivity contribution >= 4 is 29.4 Å². The van der Waals surface area contributed by atoms with Crippen molar-refractivity contribution in [2.45, 2.75) is 0 Å². The van der Waals surface area contributed by atoms with Gasteiger partial charge in [0.1, 0.15) is 0 Å². The summed E-state index contributed by atoms with van der Waals surface area (Å²) in [7, 11) is 2.12. The van der Waals surface area contributed by atoms with Crippen LogP contribution in [0.4, 0.5) is 0 Å². The van der Waals surface area contributed by atoms with Gasteiger partial charge in [-0.15, -0.1) is 0 Å². The molecule has 0 atom stereocenters. The van der Waals surface area contributed by atoms with Crippen LogP contribution in [-0.2, 0) is 0 Å². The van der Waals surface area contributed by atoms with Gasteiger partial charge < -0.3 is 4.90 Å². The Bertz CT molecular complexity index is 392. The Hall–Kier alpha value is -0.770. The van der Waals surface area contributed by atoms with Gasteiger partial charge in [0.15, 0.2) is 0 Å². The van der Waals surface area contributed by atoms with Crippen molar-refractivity contribution in [3.05, 3.63) is 33.8 Å². The zero-order valence-corrected chi connectivity index (χ0v) is 11.2. The summed E-state index contributed by atoms with van der Waals surface area (Å²) in [6.45, 7) is 3.95. The second kappa shape index (κ2) is 5.71. The van der Waals surface area contributed by atoms with Crippen LogP contribution < -0.4 is 0 Å². The SMILES string of the molecule is CN1CCN(N=Cc2c(Cl)cccc2Cl)CC1. The van der Waals surface area contributed by atoms with Crippen molar-refractivity contribution in [2.24, 2.45) is 5.10 Å². The third kappa shape index (κ3) is 3.35. The van der Waals surface area contributed by atoms with E-state index in [1.165, 1.54) is 0 Å². The second-order valence-corrected chi connectivity index (χ2v) is 4.95. The summed E-state index contributed by atoms with van der Waals surface area (Å²) in [5.41, 5.74) is 0.787. The van der Waals surface area contributed by atoms with Crippen molar-refractivity contribution < 1.29 is 0 Å². The van der Waals surface area contributed by atoms with E-state index in [1.807, 2.05) is 23.2 Å². The molecule has 1 heterocycles. The summed E-state index contributed by atoms with van der Waals surface area (Å²) in [6, 6.07) is 5.47. The Morgan fingerprint density at radius 1 is 1.12 bits per heavy atom. The summed E-state index contributed by atoms with van der Waals surface area (Å²) in [6.07, 6.45) is 1.75. The minimum atomic E-state index is 0.635. The molecular formula is C12H15Cl2N3. The Labute approximate surface area is 112 Å². The first-order valence-electron chi connectivity index (χ1n) is 5.58. The third-order valence-electron chi connectivity index (χ3n) is 2.83. The quantitative estimate of drug-likeness (QED) is 0.770. The topological polar surface area (TPSA) is 18.8 Å². The number of halogens is 2.